The van der Waals surface area contributed by atoms with Gasteiger partial charge in [0.15, 0.2) is 0 Å². The zero-order chi connectivity index (χ0) is 12.3. The first-order valence-electron chi connectivity index (χ1n) is 6.66. The number of aromatic nitrogens is 1. The zero-order valence-corrected chi connectivity index (χ0v) is 11.6. The minimum Gasteiger partial charge on any atom is -0.349 e. The van der Waals surface area contributed by atoms with Gasteiger partial charge in [0.2, 0.25) is 0 Å². The molecule has 3 nitrogen and oxygen atoms in total. The summed E-state index contributed by atoms with van der Waals surface area (Å²) >= 11 is 3.30. The fraction of sp³-hybridized carbons (Fsp3) is 0.571. The largest absolute Gasteiger partial charge is 0.349 e. The molecule has 3 fully saturated rings. The molecule has 4 unspecified atom stereocenters. The minimum atomic E-state index is 0.0527. The number of pyridine rings is 1. The van der Waals surface area contributed by atoms with Crippen LogP contribution in [0.1, 0.15) is 29.6 Å². The van der Waals surface area contributed by atoms with Crippen molar-refractivity contribution in [3.63, 3.8) is 0 Å². The Hall–Kier alpha value is -0.900. The number of nitrogens with zero attached hydrogens (tertiary/aromatic N) is 1. The maximum Gasteiger partial charge on any atom is 0.251 e. The molecule has 4 heteroatoms. The van der Waals surface area contributed by atoms with E-state index in [0.717, 1.165) is 23.7 Å². The molecule has 1 amide bonds. The summed E-state index contributed by atoms with van der Waals surface area (Å²) in [6.45, 7) is 0. The van der Waals surface area contributed by atoms with Gasteiger partial charge in [0, 0.05) is 17.8 Å². The summed E-state index contributed by atoms with van der Waals surface area (Å²) in [7, 11) is 0. The number of amides is 1. The van der Waals surface area contributed by atoms with Crippen molar-refractivity contribution in [1.82, 2.24) is 10.3 Å². The van der Waals surface area contributed by atoms with Crippen molar-refractivity contribution in [3.8, 4) is 0 Å². The van der Waals surface area contributed by atoms with Crippen molar-refractivity contribution in [1.29, 1.82) is 0 Å². The molecule has 0 aliphatic heterocycles. The Morgan fingerprint density at radius 3 is 2.72 bits per heavy atom. The van der Waals surface area contributed by atoms with Gasteiger partial charge >= 0.3 is 0 Å². The summed E-state index contributed by atoms with van der Waals surface area (Å²) in [5, 5.41) is 3.21. The molecule has 0 radical (unpaired) electrons. The van der Waals surface area contributed by atoms with Crippen molar-refractivity contribution < 1.29 is 4.79 Å². The van der Waals surface area contributed by atoms with Gasteiger partial charge in [-0.1, -0.05) is 0 Å². The van der Waals surface area contributed by atoms with E-state index in [1.165, 1.54) is 19.3 Å². The Bertz CT molecular complexity index is 502. The van der Waals surface area contributed by atoms with E-state index in [9.17, 15) is 4.79 Å². The molecule has 3 aliphatic carbocycles. The van der Waals surface area contributed by atoms with Gasteiger partial charge in [0.25, 0.3) is 5.91 Å². The first kappa shape index (κ1) is 11.0. The second kappa shape index (κ2) is 3.80. The van der Waals surface area contributed by atoms with Crippen molar-refractivity contribution in [3.05, 3.63) is 28.5 Å². The number of fused-ring (bicyclic) bond motifs is 5. The van der Waals surface area contributed by atoms with E-state index in [2.05, 4.69) is 26.2 Å². The van der Waals surface area contributed by atoms with Crippen molar-refractivity contribution in [2.75, 3.05) is 0 Å². The lowest BCUT2D eigenvalue weighted by Crippen LogP contribution is -2.29. The number of carbonyl (C=O) groups excluding carboxylic acids is 1. The number of hydrogen-bond acceptors (Lipinski definition) is 2. The van der Waals surface area contributed by atoms with E-state index in [4.69, 9.17) is 0 Å². The van der Waals surface area contributed by atoms with Gasteiger partial charge in [0.1, 0.15) is 4.60 Å². The van der Waals surface area contributed by atoms with Crippen LogP contribution in [0, 0.1) is 23.7 Å². The smallest absolute Gasteiger partial charge is 0.251 e. The zero-order valence-electron chi connectivity index (χ0n) is 9.97. The van der Waals surface area contributed by atoms with Crippen LogP contribution in [-0.2, 0) is 0 Å². The van der Waals surface area contributed by atoms with Crippen molar-refractivity contribution >= 4 is 21.8 Å². The van der Waals surface area contributed by atoms with Crippen LogP contribution in [0.4, 0.5) is 0 Å². The fourth-order valence-electron chi connectivity index (χ4n) is 4.30. The van der Waals surface area contributed by atoms with E-state index in [1.807, 2.05) is 0 Å². The molecule has 1 aromatic heterocycles. The molecule has 4 rings (SSSR count). The Morgan fingerprint density at radius 1 is 1.33 bits per heavy atom. The van der Waals surface area contributed by atoms with Gasteiger partial charge in [0.05, 0.1) is 0 Å². The normalized spacial score (nSPS) is 39.5. The Morgan fingerprint density at radius 2 is 2.06 bits per heavy atom. The predicted octanol–water partition coefficient (Wildman–Crippen LogP) is 2.62. The van der Waals surface area contributed by atoms with Gasteiger partial charge in [-0.2, -0.15) is 0 Å². The number of carbonyl (C=O) groups is 1. The number of halogens is 1. The van der Waals surface area contributed by atoms with E-state index >= 15 is 0 Å². The summed E-state index contributed by atoms with van der Waals surface area (Å²) in [6.07, 6.45) is 5.86. The van der Waals surface area contributed by atoms with Gasteiger partial charge in [-0.05, 0) is 71.0 Å². The fourth-order valence-corrected chi connectivity index (χ4v) is 4.66. The van der Waals surface area contributed by atoms with E-state index in [-0.39, 0.29) is 5.91 Å². The lowest BCUT2D eigenvalue weighted by Gasteiger charge is -2.10. The van der Waals surface area contributed by atoms with Gasteiger partial charge in [-0.3, -0.25) is 4.79 Å². The molecular formula is C14H15BrN2O. The summed E-state index contributed by atoms with van der Waals surface area (Å²) in [5.41, 5.74) is 0.703. The molecule has 1 heterocycles. The Balaban J connectivity index is 1.46. The van der Waals surface area contributed by atoms with Crippen molar-refractivity contribution in [2.24, 2.45) is 23.7 Å². The molecule has 3 saturated carbocycles. The SMILES string of the molecule is O=C(NC1C2C3CCC(C3)C12)c1ccnc(Br)c1. The molecule has 4 atom stereocenters. The maximum absolute atomic E-state index is 12.2. The van der Waals surface area contributed by atoms with E-state index in [0.29, 0.717) is 16.2 Å². The number of nitrogens with one attached hydrogen (secondary N) is 1. The molecule has 18 heavy (non-hydrogen) atoms. The third-order valence-corrected chi connectivity index (χ3v) is 5.46. The van der Waals surface area contributed by atoms with Gasteiger partial charge < -0.3 is 5.32 Å². The van der Waals surface area contributed by atoms with Crippen LogP contribution in [0.2, 0.25) is 0 Å². The predicted molar refractivity (Wildman–Crippen MR) is 71.0 cm³/mol. The average Bonchev–Trinajstić information content (AvgIpc) is 2.77. The molecule has 0 aromatic carbocycles. The molecule has 1 N–H and O–H groups in total. The maximum atomic E-state index is 12.2. The monoisotopic (exact) mass is 306 g/mol. The van der Waals surface area contributed by atoms with Crippen LogP contribution in [0.3, 0.4) is 0 Å². The highest BCUT2D eigenvalue weighted by molar-refractivity contribution is 9.10. The van der Waals surface area contributed by atoms with Crippen LogP contribution >= 0.6 is 15.9 Å². The quantitative estimate of drug-likeness (QED) is 0.854. The third kappa shape index (κ3) is 1.54. The van der Waals surface area contributed by atoms with Crippen LogP contribution in [-0.4, -0.2) is 16.9 Å². The highest BCUT2D eigenvalue weighted by atomic mass is 79.9. The molecule has 2 bridgehead atoms. The second-order valence-corrected chi connectivity index (χ2v) is 6.67. The summed E-state index contributed by atoms with van der Waals surface area (Å²) in [4.78, 5) is 16.2. The highest BCUT2D eigenvalue weighted by Crippen LogP contribution is 2.65. The third-order valence-electron chi connectivity index (χ3n) is 5.02. The Labute approximate surface area is 114 Å². The average molecular weight is 307 g/mol. The molecular weight excluding hydrogens is 292 g/mol. The first-order valence-corrected chi connectivity index (χ1v) is 7.46. The molecule has 0 spiro atoms. The van der Waals surface area contributed by atoms with E-state index in [1.54, 1.807) is 18.3 Å². The van der Waals surface area contributed by atoms with Crippen LogP contribution in [0.5, 0.6) is 0 Å². The van der Waals surface area contributed by atoms with Crippen LogP contribution < -0.4 is 5.32 Å². The lowest BCUT2D eigenvalue weighted by molar-refractivity contribution is 0.0944. The summed E-state index contributed by atoms with van der Waals surface area (Å²) in [6, 6.07) is 4.00. The first-order chi connectivity index (χ1) is 8.74. The number of rotatable bonds is 2. The molecule has 1 aromatic rings. The van der Waals surface area contributed by atoms with Gasteiger partial charge in [-0.15, -0.1) is 0 Å². The van der Waals surface area contributed by atoms with Crippen molar-refractivity contribution in [2.45, 2.75) is 25.3 Å². The summed E-state index contributed by atoms with van der Waals surface area (Å²) < 4.78 is 0.714. The topological polar surface area (TPSA) is 42.0 Å². The molecule has 0 saturated heterocycles. The minimum absolute atomic E-state index is 0.0527. The second-order valence-electron chi connectivity index (χ2n) is 5.85. The highest BCUT2D eigenvalue weighted by Gasteiger charge is 2.65. The standard InChI is InChI=1S/C14H15BrN2O/c15-10-6-9(3-4-16-10)14(18)17-13-11-7-1-2-8(5-7)12(11)13/h3-4,6-8,11-13H,1-2,5H2,(H,17,18). The van der Waals surface area contributed by atoms with Crippen LogP contribution in [0.25, 0.3) is 0 Å². The summed E-state index contributed by atoms with van der Waals surface area (Å²) in [5.74, 6) is 3.43. The van der Waals surface area contributed by atoms with Crippen LogP contribution in [0.15, 0.2) is 22.9 Å². The van der Waals surface area contributed by atoms with E-state index < -0.39 is 0 Å². The molecule has 3 aliphatic rings. The Kier molecular flexibility index (Phi) is 2.31. The molecule has 94 valence electrons. The lowest BCUT2D eigenvalue weighted by atomic mass is 10.0. The number of hydrogen-bond donors (Lipinski definition) is 1. The van der Waals surface area contributed by atoms with Gasteiger partial charge in [-0.25, -0.2) is 4.98 Å².